The molecule has 1 aromatic rings. The van der Waals surface area contributed by atoms with Gasteiger partial charge in [0.2, 0.25) is 0 Å². The van der Waals surface area contributed by atoms with Gasteiger partial charge < -0.3 is 10.0 Å². The molecule has 0 saturated carbocycles. The van der Waals surface area contributed by atoms with Crippen molar-refractivity contribution in [3.05, 3.63) is 24.0 Å². The van der Waals surface area contributed by atoms with Gasteiger partial charge in [0, 0.05) is 25.5 Å². The Balaban J connectivity index is 2.16. The molecule has 4 heteroatoms. The fourth-order valence-corrected chi connectivity index (χ4v) is 2.86. The number of hydrogen-bond acceptors (Lipinski definition) is 3. The maximum atomic E-state index is 11.3. The van der Waals surface area contributed by atoms with Gasteiger partial charge in [0.25, 0.3) is 0 Å². The molecule has 0 amide bonds. The van der Waals surface area contributed by atoms with Crippen molar-refractivity contribution < 1.29 is 9.90 Å². The van der Waals surface area contributed by atoms with E-state index in [9.17, 15) is 9.90 Å². The van der Waals surface area contributed by atoms with E-state index in [1.165, 1.54) is 12.6 Å². The topological polar surface area (TPSA) is 53.4 Å². The molecule has 1 fully saturated rings. The molecule has 1 N–H and O–H groups in total. The maximum absolute atomic E-state index is 11.3. The highest BCUT2D eigenvalue weighted by Gasteiger charge is 2.22. The van der Waals surface area contributed by atoms with Crippen molar-refractivity contribution in [2.75, 3.05) is 18.0 Å². The normalized spacial score (nSPS) is 20.4. The molecule has 19 heavy (non-hydrogen) atoms. The number of aromatic carboxylic acids is 1. The van der Waals surface area contributed by atoms with E-state index in [2.05, 4.69) is 23.7 Å². The van der Waals surface area contributed by atoms with Gasteiger partial charge in [-0.2, -0.15) is 0 Å². The number of carbonyl (C=O) groups is 1. The third-order valence-corrected chi connectivity index (χ3v) is 4.08. The van der Waals surface area contributed by atoms with E-state index in [0.717, 1.165) is 37.5 Å². The number of aromatic nitrogens is 1. The lowest BCUT2D eigenvalue weighted by Crippen LogP contribution is -2.26. The molecule has 104 valence electrons. The Kier molecular flexibility index (Phi) is 4.40. The minimum Gasteiger partial charge on any atom is -0.478 e. The lowest BCUT2D eigenvalue weighted by molar-refractivity contribution is 0.0697. The number of carboxylic acid groups (broad SMARTS) is 1. The van der Waals surface area contributed by atoms with Gasteiger partial charge >= 0.3 is 5.97 Å². The van der Waals surface area contributed by atoms with Gasteiger partial charge in [0.05, 0.1) is 5.69 Å². The number of rotatable bonds is 3. The Morgan fingerprint density at radius 3 is 2.89 bits per heavy atom. The minimum atomic E-state index is -0.896. The van der Waals surface area contributed by atoms with Crippen LogP contribution in [0, 0.1) is 11.8 Å². The highest BCUT2D eigenvalue weighted by Crippen LogP contribution is 2.28. The smallest absolute Gasteiger partial charge is 0.339 e. The van der Waals surface area contributed by atoms with Crippen molar-refractivity contribution in [1.82, 2.24) is 4.98 Å². The van der Waals surface area contributed by atoms with Crippen molar-refractivity contribution in [3.63, 3.8) is 0 Å². The molecule has 1 aliphatic heterocycles. The third-order valence-electron chi connectivity index (χ3n) is 4.08. The number of nitrogens with zero attached hydrogens (tertiary/aromatic N) is 2. The average molecular weight is 262 g/mol. The van der Waals surface area contributed by atoms with Crippen LogP contribution in [0.2, 0.25) is 0 Å². The Hall–Kier alpha value is -1.58. The monoisotopic (exact) mass is 262 g/mol. The average Bonchev–Trinajstić information content (AvgIpc) is 2.64. The second kappa shape index (κ2) is 6.04. The number of hydrogen-bond donors (Lipinski definition) is 1. The van der Waals surface area contributed by atoms with Crippen LogP contribution in [0.3, 0.4) is 0 Å². The zero-order chi connectivity index (χ0) is 13.8. The van der Waals surface area contributed by atoms with Gasteiger partial charge in [-0.3, -0.25) is 4.98 Å². The molecular formula is C15H22N2O2. The summed E-state index contributed by atoms with van der Waals surface area (Å²) in [5.74, 6) is 0.559. The van der Waals surface area contributed by atoms with Crippen molar-refractivity contribution >= 4 is 11.7 Å². The SMILES string of the molecule is CC(C)C1CCCN(c2ccncc2C(=O)O)CC1. The van der Waals surface area contributed by atoms with Crippen molar-refractivity contribution in [3.8, 4) is 0 Å². The van der Waals surface area contributed by atoms with E-state index < -0.39 is 5.97 Å². The zero-order valence-corrected chi connectivity index (χ0v) is 11.7. The first-order chi connectivity index (χ1) is 9.09. The minimum absolute atomic E-state index is 0.311. The van der Waals surface area contributed by atoms with E-state index >= 15 is 0 Å². The van der Waals surface area contributed by atoms with E-state index in [-0.39, 0.29) is 0 Å². The number of anilines is 1. The van der Waals surface area contributed by atoms with Crippen LogP contribution in [0.4, 0.5) is 5.69 Å². The van der Waals surface area contributed by atoms with E-state index in [1.807, 2.05) is 6.07 Å². The van der Waals surface area contributed by atoms with E-state index in [4.69, 9.17) is 0 Å². The lowest BCUT2D eigenvalue weighted by Gasteiger charge is -2.24. The third kappa shape index (κ3) is 3.25. The Bertz CT molecular complexity index is 446. The predicted octanol–water partition coefficient (Wildman–Crippen LogP) is 3.04. The molecule has 1 aromatic heterocycles. The van der Waals surface area contributed by atoms with E-state index in [0.29, 0.717) is 11.5 Å². The van der Waals surface area contributed by atoms with Crippen LogP contribution >= 0.6 is 0 Å². The van der Waals surface area contributed by atoms with Crippen molar-refractivity contribution in [2.45, 2.75) is 33.1 Å². The molecule has 1 saturated heterocycles. The van der Waals surface area contributed by atoms with Crippen molar-refractivity contribution in [1.29, 1.82) is 0 Å². The highest BCUT2D eigenvalue weighted by molar-refractivity contribution is 5.94. The number of carboxylic acids is 1. The summed E-state index contributed by atoms with van der Waals surface area (Å²) >= 11 is 0. The molecule has 0 bridgehead atoms. The molecule has 1 atom stereocenters. The first-order valence-corrected chi connectivity index (χ1v) is 7.02. The molecule has 1 aliphatic rings. The first-order valence-electron chi connectivity index (χ1n) is 7.02. The summed E-state index contributed by atoms with van der Waals surface area (Å²) in [4.78, 5) is 17.4. The zero-order valence-electron chi connectivity index (χ0n) is 11.7. The quantitative estimate of drug-likeness (QED) is 0.909. The molecule has 0 radical (unpaired) electrons. The molecule has 0 aliphatic carbocycles. The molecule has 2 heterocycles. The Morgan fingerprint density at radius 1 is 1.42 bits per heavy atom. The van der Waals surface area contributed by atoms with Crippen LogP contribution in [0.15, 0.2) is 18.5 Å². The van der Waals surface area contributed by atoms with Crippen LogP contribution in [-0.4, -0.2) is 29.1 Å². The Morgan fingerprint density at radius 2 is 2.21 bits per heavy atom. The van der Waals surface area contributed by atoms with Crippen LogP contribution in [0.1, 0.15) is 43.5 Å². The first kappa shape index (κ1) is 13.8. The summed E-state index contributed by atoms with van der Waals surface area (Å²) < 4.78 is 0. The van der Waals surface area contributed by atoms with Gasteiger partial charge in [-0.15, -0.1) is 0 Å². The summed E-state index contributed by atoms with van der Waals surface area (Å²) in [6.45, 7) is 6.42. The second-order valence-corrected chi connectivity index (χ2v) is 5.62. The summed E-state index contributed by atoms with van der Waals surface area (Å²) in [6, 6.07) is 1.82. The number of pyridine rings is 1. The van der Waals surface area contributed by atoms with Crippen LogP contribution < -0.4 is 4.90 Å². The van der Waals surface area contributed by atoms with Gasteiger partial charge in [0.1, 0.15) is 5.56 Å². The molecule has 2 rings (SSSR count). The molecule has 1 unspecified atom stereocenters. The molecule has 0 spiro atoms. The van der Waals surface area contributed by atoms with Crippen LogP contribution in [0.5, 0.6) is 0 Å². The van der Waals surface area contributed by atoms with Gasteiger partial charge in [-0.25, -0.2) is 4.79 Å². The maximum Gasteiger partial charge on any atom is 0.339 e. The van der Waals surface area contributed by atoms with Gasteiger partial charge in [0.15, 0.2) is 0 Å². The largest absolute Gasteiger partial charge is 0.478 e. The second-order valence-electron chi connectivity index (χ2n) is 5.62. The highest BCUT2D eigenvalue weighted by atomic mass is 16.4. The van der Waals surface area contributed by atoms with E-state index in [1.54, 1.807) is 6.20 Å². The van der Waals surface area contributed by atoms with Crippen molar-refractivity contribution in [2.24, 2.45) is 11.8 Å². The summed E-state index contributed by atoms with van der Waals surface area (Å²) in [5.41, 5.74) is 1.12. The van der Waals surface area contributed by atoms with Crippen LogP contribution in [0.25, 0.3) is 0 Å². The summed E-state index contributed by atoms with van der Waals surface area (Å²) in [7, 11) is 0. The molecular weight excluding hydrogens is 240 g/mol. The standard InChI is InChI=1S/C15H22N2O2/c1-11(2)12-4-3-8-17(9-6-12)14-5-7-16-10-13(14)15(18)19/h5,7,10-12H,3-4,6,8-9H2,1-2H3,(H,18,19). The fourth-order valence-electron chi connectivity index (χ4n) is 2.86. The summed E-state index contributed by atoms with van der Waals surface area (Å²) in [5, 5.41) is 9.24. The van der Waals surface area contributed by atoms with Gasteiger partial charge in [-0.05, 0) is 37.2 Å². The Labute approximate surface area is 114 Å². The lowest BCUT2D eigenvalue weighted by atomic mass is 9.89. The molecule has 4 nitrogen and oxygen atoms in total. The molecule has 0 aromatic carbocycles. The fraction of sp³-hybridized carbons (Fsp3) is 0.600. The predicted molar refractivity (Wildman–Crippen MR) is 75.6 cm³/mol. The van der Waals surface area contributed by atoms with Crippen LogP contribution in [-0.2, 0) is 0 Å². The summed E-state index contributed by atoms with van der Waals surface area (Å²) in [6.07, 6.45) is 6.63. The van der Waals surface area contributed by atoms with Gasteiger partial charge in [-0.1, -0.05) is 13.8 Å².